The maximum atomic E-state index is 11.7. The van der Waals surface area contributed by atoms with Gasteiger partial charge >= 0.3 is 0 Å². The van der Waals surface area contributed by atoms with Gasteiger partial charge in [-0.25, -0.2) is 8.42 Å². The topological polar surface area (TPSA) is 80.5 Å². The molecule has 2 N–H and O–H groups in total. The normalized spacial score (nSPS) is 23.4. The summed E-state index contributed by atoms with van der Waals surface area (Å²) >= 11 is 0. The van der Waals surface area contributed by atoms with Crippen LogP contribution in [0.1, 0.15) is 19.8 Å². The van der Waals surface area contributed by atoms with Crippen molar-refractivity contribution in [2.75, 3.05) is 25.1 Å². The van der Waals surface area contributed by atoms with E-state index in [0.717, 1.165) is 12.7 Å². The van der Waals surface area contributed by atoms with Gasteiger partial charge in [-0.15, -0.1) is 0 Å². The minimum Gasteiger partial charge on any atom is -0.342 e. The molecule has 1 amide bonds. The zero-order valence-electron chi connectivity index (χ0n) is 9.85. The standard InChI is InChI=1S/C10H20N2O3S/c1-8(11)9-3-5-12(7-9)10(13)4-6-16(2,14)15/h8-9H,3-7,11H2,1-2H3. The first-order valence-electron chi connectivity index (χ1n) is 5.50. The predicted octanol–water partition coefficient (Wildman–Crippen LogP) is -0.383. The second-order valence-electron chi connectivity index (χ2n) is 4.63. The first-order chi connectivity index (χ1) is 7.29. The first-order valence-corrected chi connectivity index (χ1v) is 7.57. The highest BCUT2D eigenvalue weighted by Crippen LogP contribution is 2.19. The molecule has 0 aromatic heterocycles. The summed E-state index contributed by atoms with van der Waals surface area (Å²) in [6.07, 6.45) is 2.15. The largest absolute Gasteiger partial charge is 0.342 e. The molecular formula is C10H20N2O3S. The molecule has 1 heterocycles. The summed E-state index contributed by atoms with van der Waals surface area (Å²) in [6, 6.07) is 0.0905. The van der Waals surface area contributed by atoms with Gasteiger partial charge in [0.25, 0.3) is 0 Å². The van der Waals surface area contributed by atoms with Gasteiger partial charge in [0.05, 0.1) is 5.75 Å². The van der Waals surface area contributed by atoms with Crippen molar-refractivity contribution < 1.29 is 13.2 Å². The lowest BCUT2D eigenvalue weighted by molar-refractivity contribution is -0.129. The van der Waals surface area contributed by atoms with Crippen molar-refractivity contribution in [3.05, 3.63) is 0 Å². The van der Waals surface area contributed by atoms with E-state index in [2.05, 4.69) is 0 Å². The van der Waals surface area contributed by atoms with Crippen LogP contribution >= 0.6 is 0 Å². The third kappa shape index (κ3) is 4.09. The van der Waals surface area contributed by atoms with Gasteiger partial charge in [-0.1, -0.05) is 0 Å². The zero-order valence-corrected chi connectivity index (χ0v) is 10.7. The summed E-state index contributed by atoms with van der Waals surface area (Å²) < 4.78 is 21.9. The minimum atomic E-state index is -3.05. The Morgan fingerprint density at radius 2 is 2.19 bits per heavy atom. The van der Waals surface area contributed by atoms with Crippen molar-refractivity contribution in [2.45, 2.75) is 25.8 Å². The molecule has 0 bridgehead atoms. The summed E-state index contributed by atoms with van der Waals surface area (Å²) in [7, 11) is -3.05. The number of hydrogen-bond acceptors (Lipinski definition) is 4. The molecule has 5 nitrogen and oxygen atoms in total. The Morgan fingerprint density at radius 3 is 2.62 bits per heavy atom. The van der Waals surface area contributed by atoms with E-state index >= 15 is 0 Å². The van der Waals surface area contributed by atoms with E-state index in [4.69, 9.17) is 5.73 Å². The Labute approximate surface area is 96.9 Å². The fourth-order valence-corrected chi connectivity index (χ4v) is 2.42. The smallest absolute Gasteiger partial charge is 0.223 e. The number of hydrogen-bond donors (Lipinski definition) is 1. The molecule has 1 aliphatic rings. The molecule has 0 aromatic carbocycles. The molecule has 0 aromatic rings. The molecule has 1 saturated heterocycles. The summed E-state index contributed by atoms with van der Waals surface area (Å²) in [6.45, 7) is 3.31. The number of nitrogens with two attached hydrogens (primary N) is 1. The van der Waals surface area contributed by atoms with E-state index in [-0.39, 0.29) is 24.1 Å². The van der Waals surface area contributed by atoms with Gasteiger partial charge in [-0.05, 0) is 19.3 Å². The second-order valence-corrected chi connectivity index (χ2v) is 6.89. The van der Waals surface area contributed by atoms with Crippen molar-refractivity contribution in [3.8, 4) is 0 Å². The van der Waals surface area contributed by atoms with Crippen LogP contribution in [0.2, 0.25) is 0 Å². The maximum absolute atomic E-state index is 11.7. The number of nitrogens with zero attached hydrogens (tertiary/aromatic N) is 1. The molecule has 0 saturated carbocycles. The average Bonchev–Trinajstić information content (AvgIpc) is 2.61. The molecule has 0 radical (unpaired) electrons. The Hall–Kier alpha value is -0.620. The lowest BCUT2D eigenvalue weighted by Crippen LogP contribution is -2.33. The third-order valence-corrected chi connectivity index (χ3v) is 3.95. The quantitative estimate of drug-likeness (QED) is 0.735. The van der Waals surface area contributed by atoms with Gasteiger partial charge in [-0.2, -0.15) is 0 Å². The molecule has 1 rings (SSSR count). The van der Waals surface area contributed by atoms with Gasteiger partial charge < -0.3 is 10.6 Å². The van der Waals surface area contributed by atoms with E-state index in [1.807, 2.05) is 6.92 Å². The summed E-state index contributed by atoms with van der Waals surface area (Å²) in [5, 5.41) is 0. The van der Waals surface area contributed by atoms with E-state index in [1.165, 1.54) is 0 Å². The SMILES string of the molecule is CC(N)C1CCN(C(=O)CCS(C)(=O)=O)C1. The number of rotatable bonds is 4. The average molecular weight is 248 g/mol. The molecule has 0 spiro atoms. The summed E-state index contributed by atoms with van der Waals surface area (Å²) in [5.74, 6) is 0.210. The Balaban J connectivity index is 2.40. The number of likely N-dealkylation sites (tertiary alicyclic amines) is 1. The molecule has 6 heteroatoms. The Morgan fingerprint density at radius 1 is 1.56 bits per heavy atom. The number of carbonyl (C=O) groups excluding carboxylic acids is 1. The van der Waals surface area contributed by atoms with Crippen molar-refractivity contribution in [2.24, 2.45) is 11.7 Å². The maximum Gasteiger partial charge on any atom is 0.223 e. The lowest BCUT2D eigenvalue weighted by atomic mass is 10.0. The highest BCUT2D eigenvalue weighted by molar-refractivity contribution is 7.90. The van der Waals surface area contributed by atoms with Crippen molar-refractivity contribution >= 4 is 15.7 Å². The molecule has 0 aliphatic carbocycles. The number of amides is 1. The van der Waals surface area contributed by atoms with Crippen LogP contribution in [0.5, 0.6) is 0 Å². The van der Waals surface area contributed by atoms with Crippen LogP contribution < -0.4 is 5.73 Å². The number of sulfone groups is 1. The fourth-order valence-electron chi connectivity index (χ4n) is 1.87. The first kappa shape index (κ1) is 13.4. The molecule has 2 atom stereocenters. The third-order valence-electron chi connectivity index (χ3n) is 3.01. The summed E-state index contributed by atoms with van der Waals surface area (Å²) in [5.41, 5.74) is 5.77. The van der Waals surface area contributed by atoms with Crippen LogP contribution in [0.25, 0.3) is 0 Å². The van der Waals surface area contributed by atoms with Crippen LogP contribution in [0, 0.1) is 5.92 Å². The zero-order chi connectivity index (χ0) is 12.3. The van der Waals surface area contributed by atoms with Crippen LogP contribution in [0.3, 0.4) is 0 Å². The Kier molecular flexibility index (Phi) is 4.32. The van der Waals surface area contributed by atoms with Gasteiger partial charge in [0.1, 0.15) is 9.84 Å². The molecule has 16 heavy (non-hydrogen) atoms. The van der Waals surface area contributed by atoms with Crippen LogP contribution in [-0.4, -0.2) is 50.4 Å². The van der Waals surface area contributed by atoms with Gasteiger partial charge in [0.2, 0.25) is 5.91 Å². The minimum absolute atomic E-state index is 0.0643. The van der Waals surface area contributed by atoms with E-state index in [9.17, 15) is 13.2 Å². The van der Waals surface area contributed by atoms with E-state index in [1.54, 1.807) is 4.90 Å². The molecule has 94 valence electrons. The van der Waals surface area contributed by atoms with Crippen molar-refractivity contribution in [1.82, 2.24) is 4.90 Å². The molecular weight excluding hydrogens is 228 g/mol. The van der Waals surface area contributed by atoms with Gasteiger partial charge in [0.15, 0.2) is 0 Å². The monoisotopic (exact) mass is 248 g/mol. The van der Waals surface area contributed by atoms with Crippen LogP contribution in [-0.2, 0) is 14.6 Å². The summed E-state index contributed by atoms with van der Waals surface area (Å²) in [4.78, 5) is 13.4. The molecule has 1 fully saturated rings. The lowest BCUT2D eigenvalue weighted by Gasteiger charge is -2.17. The van der Waals surface area contributed by atoms with Gasteiger partial charge in [-0.3, -0.25) is 4.79 Å². The number of carbonyl (C=O) groups is 1. The highest BCUT2D eigenvalue weighted by atomic mass is 32.2. The molecule has 1 aliphatic heterocycles. The van der Waals surface area contributed by atoms with Crippen LogP contribution in [0.4, 0.5) is 0 Å². The Bertz CT molecular complexity index is 351. The molecule has 2 unspecified atom stereocenters. The second kappa shape index (κ2) is 5.14. The van der Waals surface area contributed by atoms with E-state index < -0.39 is 9.84 Å². The predicted molar refractivity (Wildman–Crippen MR) is 62.7 cm³/mol. The van der Waals surface area contributed by atoms with E-state index in [0.29, 0.717) is 19.0 Å². The van der Waals surface area contributed by atoms with Crippen molar-refractivity contribution in [1.29, 1.82) is 0 Å². The van der Waals surface area contributed by atoms with Gasteiger partial charge in [0, 0.05) is 31.8 Å². The van der Waals surface area contributed by atoms with Crippen LogP contribution in [0.15, 0.2) is 0 Å². The highest BCUT2D eigenvalue weighted by Gasteiger charge is 2.28. The fraction of sp³-hybridized carbons (Fsp3) is 0.900. The van der Waals surface area contributed by atoms with Crippen molar-refractivity contribution in [3.63, 3.8) is 0 Å².